The van der Waals surface area contributed by atoms with Crippen LogP contribution in [0, 0.1) is 5.82 Å². The molecule has 3 heterocycles. The predicted octanol–water partition coefficient (Wildman–Crippen LogP) is 3.08. The number of nitrogens with one attached hydrogen (secondary N) is 1. The summed E-state index contributed by atoms with van der Waals surface area (Å²) < 4.78 is 20.8. The van der Waals surface area contributed by atoms with Crippen LogP contribution in [0.25, 0.3) is 0 Å². The zero-order valence-electron chi connectivity index (χ0n) is 11.6. The smallest absolute Gasteiger partial charge is 0.272 e. The van der Waals surface area contributed by atoms with E-state index in [4.69, 9.17) is 16.3 Å². The molecule has 0 spiro atoms. The van der Waals surface area contributed by atoms with E-state index in [0.29, 0.717) is 16.4 Å². The molecule has 5 nitrogen and oxygen atoms in total. The van der Waals surface area contributed by atoms with Crippen LogP contribution in [-0.4, -0.2) is 15.7 Å². The van der Waals surface area contributed by atoms with E-state index in [9.17, 15) is 9.18 Å². The molecule has 0 saturated carbocycles. The molecule has 1 aromatic heterocycles. The van der Waals surface area contributed by atoms with Gasteiger partial charge in [0.05, 0.1) is 16.4 Å². The summed E-state index contributed by atoms with van der Waals surface area (Å²) >= 11 is 6.38. The number of amides is 1. The third-order valence-electron chi connectivity index (χ3n) is 3.98. The van der Waals surface area contributed by atoms with Gasteiger partial charge >= 0.3 is 0 Å². The molecule has 0 radical (unpaired) electrons. The van der Waals surface area contributed by atoms with Gasteiger partial charge in [0, 0.05) is 12.6 Å². The van der Waals surface area contributed by atoms with Gasteiger partial charge in [-0.2, -0.15) is 5.10 Å². The predicted molar refractivity (Wildman–Crippen MR) is 78.6 cm³/mol. The van der Waals surface area contributed by atoms with Crippen LogP contribution < -0.4 is 10.1 Å². The molecule has 4 rings (SSSR count). The molecule has 22 heavy (non-hydrogen) atoms. The van der Waals surface area contributed by atoms with E-state index < -0.39 is 11.9 Å². The highest BCUT2D eigenvalue weighted by atomic mass is 35.5. The third-order valence-corrected chi connectivity index (χ3v) is 4.40. The molecule has 7 heteroatoms. The lowest BCUT2D eigenvalue weighted by molar-refractivity contribution is -0.124. The summed E-state index contributed by atoms with van der Waals surface area (Å²) in [6, 6.07) is 3.98. The van der Waals surface area contributed by atoms with Crippen LogP contribution in [-0.2, 0) is 17.8 Å². The Morgan fingerprint density at radius 2 is 2.27 bits per heavy atom. The number of nitrogens with zero attached hydrogens (tertiary/aromatic N) is 2. The highest BCUT2D eigenvalue weighted by Crippen LogP contribution is 2.38. The molecule has 2 aliphatic rings. The van der Waals surface area contributed by atoms with E-state index in [1.807, 2.05) is 4.68 Å². The molecule has 0 saturated heterocycles. The number of fused-ring (bicyclic) bond motifs is 2. The Balaban J connectivity index is 1.74. The van der Waals surface area contributed by atoms with Gasteiger partial charge in [-0.15, -0.1) is 0 Å². The molecule has 0 bridgehead atoms. The Hall–Kier alpha value is -2.08. The molecule has 114 valence electrons. The largest absolute Gasteiger partial charge is 0.472 e. The van der Waals surface area contributed by atoms with Gasteiger partial charge in [0.15, 0.2) is 0 Å². The Morgan fingerprint density at radius 1 is 1.41 bits per heavy atom. The minimum atomic E-state index is -0.958. The minimum absolute atomic E-state index is 0.284. The van der Waals surface area contributed by atoms with Crippen molar-refractivity contribution in [1.82, 2.24) is 9.78 Å². The number of benzene rings is 1. The Bertz CT molecular complexity index is 774. The third kappa shape index (κ3) is 2.06. The average molecular weight is 322 g/mol. The summed E-state index contributed by atoms with van der Waals surface area (Å²) in [5.41, 5.74) is 1.78. The van der Waals surface area contributed by atoms with Crippen LogP contribution in [0.1, 0.15) is 30.3 Å². The molecular formula is C15H13ClFN3O2. The van der Waals surface area contributed by atoms with Crippen LogP contribution in [0.15, 0.2) is 18.2 Å². The molecule has 1 atom stereocenters. The van der Waals surface area contributed by atoms with Crippen LogP contribution >= 0.6 is 11.6 Å². The topological polar surface area (TPSA) is 56.1 Å². The number of halogens is 2. The van der Waals surface area contributed by atoms with Gasteiger partial charge in [0.25, 0.3) is 5.91 Å². The Labute approximate surface area is 131 Å². The maximum absolute atomic E-state index is 13.3. The number of anilines is 1. The first-order valence-corrected chi connectivity index (χ1v) is 7.53. The minimum Gasteiger partial charge on any atom is -0.472 e. The van der Waals surface area contributed by atoms with Crippen molar-refractivity contribution in [2.45, 2.75) is 31.9 Å². The van der Waals surface area contributed by atoms with E-state index in [1.54, 1.807) is 0 Å². The van der Waals surface area contributed by atoms with Gasteiger partial charge in [-0.3, -0.25) is 9.48 Å². The van der Waals surface area contributed by atoms with E-state index in [0.717, 1.165) is 31.5 Å². The van der Waals surface area contributed by atoms with Gasteiger partial charge in [-0.05, 0) is 31.4 Å². The number of carbonyl (C=O) groups is 1. The van der Waals surface area contributed by atoms with Crippen LogP contribution in [0.3, 0.4) is 0 Å². The van der Waals surface area contributed by atoms with Gasteiger partial charge < -0.3 is 10.1 Å². The second-order valence-electron chi connectivity index (χ2n) is 5.45. The highest BCUT2D eigenvalue weighted by molar-refractivity contribution is 6.32. The van der Waals surface area contributed by atoms with Crippen LogP contribution in [0.4, 0.5) is 10.1 Å². The zero-order valence-corrected chi connectivity index (χ0v) is 12.4. The summed E-state index contributed by atoms with van der Waals surface area (Å²) in [5.74, 6) is -0.494. The Morgan fingerprint density at radius 3 is 3.09 bits per heavy atom. The fourth-order valence-corrected chi connectivity index (χ4v) is 3.23. The lowest BCUT2D eigenvalue weighted by atomic mass is 10.1. The summed E-state index contributed by atoms with van der Waals surface area (Å²) in [5, 5.41) is 7.60. The van der Waals surface area contributed by atoms with Gasteiger partial charge in [-0.25, -0.2) is 4.39 Å². The van der Waals surface area contributed by atoms with E-state index >= 15 is 0 Å². The van der Waals surface area contributed by atoms with E-state index in [-0.39, 0.29) is 11.7 Å². The van der Waals surface area contributed by atoms with E-state index in [2.05, 4.69) is 10.4 Å². The lowest BCUT2D eigenvalue weighted by Gasteiger charge is -2.24. The molecule has 0 aliphatic carbocycles. The lowest BCUT2D eigenvalue weighted by Crippen LogP contribution is -2.30. The van der Waals surface area contributed by atoms with Crippen molar-refractivity contribution in [1.29, 1.82) is 0 Å². The average Bonchev–Trinajstić information content (AvgIpc) is 2.84. The van der Waals surface area contributed by atoms with Crippen molar-refractivity contribution < 1.29 is 13.9 Å². The van der Waals surface area contributed by atoms with Gasteiger partial charge in [0.2, 0.25) is 6.10 Å². The molecule has 1 N–H and O–H groups in total. The van der Waals surface area contributed by atoms with Crippen molar-refractivity contribution in [2.75, 3.05) is 5.32 Å². The standard InChI is InChI=1S/C15H13ClFN3O2/c16-12-10-3-1-2-6-20(10)19-13(12)14-15(21)18-9-5-4-8(17)7-11(9)22-14/h4-5,7,14H,1-3,6H2,(H,18,21). The molecule has 1 amide bonds. The van der Waals surface area contributed by atoms with E-state index in [1.165, 1.54) is 18.2 Å². The SMILES string of the molecule is O=C1Nc2ccc(F)cc2OC1c1nn2c(c1Cl)CCCC2. The molecule has 2 aliphatic heterocycles. The van der Waals surface area contributed by atoms with Gasteiger partial charge in [0.1, 0.15) is 17.3 Å². The van der Waals surface area contributed by atoms with Crippen LogP contribution in [0.2, 0.25) is 5.02 Å². The number of hydrogen-bond acceptors (Lipinski definition) is 3. The first kappa shape index (κ1) is 13.6. The number of aryl methyl sites for hydroxylation is 1. The second kappa shape index (κ2) is 4.98. The number of rotatable bonds is 1. The Kier molecular flexibility index (Phi) is 3.07. The van der Waals surface area contributed by atoms with Gasteiger partial charge in [-0.1, -0.05) is 11.6 Å². The first-order chi connectivity index (χ1) is 10.6. The van der Waals surface area contributed by atoms with Crippen LogP contribution in [0.5, 0.6) is 5.75 Å². The molecule has 2 aromatic rings. The summed E-state index contributed by atoms with van der Waals surface area (Å²) in [6.45, 7) is 0.786. The van der Waals surface area contributed by atoms with Crippen molar-refractivity contribution in [3.05, 3.63) is 40.4 Å². The molecule has 0 fully saturated rings. The summed E-state index contributed by atoms with van der Waals surface area (Å²) in [4.78, 5) is 12.3. The number of carbonyl (C=O) groups excluding carboxylic acids is 1. The number of aromatic nitrogens is 2. The normalized spacial score (nSPS) is 19.9. The van der Waals surface area contributed by atoms with Crippen molar-refractivity contribution in [2.24, 2.45) is 0 Å². The van der Waals surface area contributed by atoms with Crippen molar-refractivity contribution >= 4 is 23.2 Å². The first-order valence-electron chi connectivity index (χ1n) is 7.15. The summed E-state index contributed by atoms with van der Waals surface area (Å²) in [7, 11) is 0. The number of ether oxygens (including phenoxy) is 1. The molecule has 1 aromatic carbocycles. The summed E-state index contributed by atoms with van der Waals surface area (Å²) in [6.07, 6.45) is 1.97. The van der Waals surface area contributed by atoms with Crippen molar-refractivity contribution in [3.63, 3.8) is 0 Å². The monoisotopic (exact) mass is 321 g/mol. The maximum atomic E-state index is 13.3. The second-order valence-corrected chi connectivity index (χ2v) is 5.83. The molecular weight excluding hydrogens is 309 g/mol. The highest BCUT2D eigenvalue weighted by Gasteiger charge is 2.35. The van der Waals surface area contributed by atoms with Crippen molar-refractivity contribution in [3.8, 4) is 5.75 Å². The fraction of sp³-hybridized carbons (Fsp3) is 0.333. The quantitative estimate of drug-likeness (QED) is 0.878. The zero-order chi connectivity index (χ0) is 15.3. The fourth-order valence-electron chi connectivity index (χ4n) is 2.90. The maximum Gasteiger partial charge on any atom is 0.272 e. The number of hydrogen-bond donors (Lipinski definition) is 1. The molecule has 1 unspecified atom stereocenters.